The number of alkyl halides is 1. The topological polar surface area (TPSA) is 73.8 Å². The van der Waals surface area contributed by atoms with Gasteiger partial charge in [0.15, 0.2) is 5.65 Å². The Bertz CT molecular complexity index is 576. The fourth-order valence-corrected chi connectivity index (χ4v) is 1.91. The molecular weight excluding hydrogens is 240 g/mol. The average Bonchev–Trinajstić information content (AvgIpc) is 2.55. The maximum atomic E-state index is 11.1. The Morgan fingerprint density at radius 3 is 2.94 bits per heavy atom. The number of nitrogens with two attached hydrogens (primary N) is 1. The van der Waals surface area contributed by atoms with Crippen molar-refractivity contribution in [3.8, 4) is 0 Å². The van der Waals surface area contributed by atoms with E-state index in [2.05, 4.69) is 9.97 Å². The van der Waals surface area contributed by atoms with Crippen molar-refractivity contribution >= 4 is 28.7 Å². The van der Waals surface area contributed by atoms with Gasteiger partial charge in [-0.25, -0.2) is 9.97 Å². The second-order valence-corrected chi connectivity index (χ2v) is 4.65. The van der Waals surface area contributed by atoms with Gasteiger partial charge in [-0.15, -0.1) is 11.6 Å². The summed E-state index contributed by atoms with van der Waals surface area (Å²) in [6.07, 6.45) is 1.73. The smallest absolute Gasteiger partial charge is 0.237 e. The molecule has 5 nitrogen and oxygen atoms in total. The van der Waals surface area contributed by atoms with E-state index in [4.69, 9.17) is 17.3 Å². The van der Waals surface area contributed by atoms with Gasteiger partial charge in [0, 0.05) is 6.20 Å². The van der Waals surface area contributed by atoms with Crippen LogP contribution in [0.4, 0.5) is 0 Å². The van der Waals surface area contributed by atoms with E-state index in [-0.39, 0.29) is 11.9 Å². The summed E-state index contributed by atoms with van der Waals surface area (Å²) in [4.78, 5) is 19.7. The van der Waals surface area contributed by atoms with Crippen molar-refractivity contribution in [3.63, 3.8) is 0 Å². The first-order valence-electron chi connectivity index (χ1n) is 5.24. The maximum absolute atomic E-state index is 11.1. The van der Waals surface area contributed by atoms with E-state index in [1.54, 1.807) is 17.7 Å². The van der Waals surface area contributed by atoms with E-state index in [9.17, 15) is 4.79 Å². The van der Waals surface area contributed by atoms with Crippen LogP contribution < -0.4 is 5.73 Å². The van der Waals surface area contributed by atoms with E-state index in [0.717, 1.165) is 11.1 Å². The maximum Gasteiger partial charge on any atom is 0.237 e. The second-order valence-electron chi connectivity index (χ2n) is 3.99. The van der Waals surface area contributed by atoms with E-state index in [0.29, 0.717) is 11.5 Å². The predicted molar refractivity (Wildman–Crippen MR) is 65.7 cm³/mol. The number of primary amides is 1. The fourth-order valence-electron chi connectivity index (χ4n) is 1.74. The second kappa shape index (κ2) is 4.33. The monoisotopic (exact) mass is 252 g/mol. The van der Waals surface area contributed by atoms with E-state index in [1.807, 2.05) is 13.0 Å². The van der Waals surface area contributed by atoms with Crippen LogP contribution in [0.5, 0.6) is 0 Å². The van der Waals surface area contributed by atoms with Crippen LogP contribution in [0.3, 0.4) is 0 Å². The number of rotatable bonds is 3. The number of amides is 1. The number of carbonyl (C=O) groups is 1. The molecule has 2 aromatic heterocycles. The molecule has 6 heteroatoms. The van der Waals surface area contributed by atoms with Crippen LogP contribution in [-0.2, 0) is 11.3 Å². The number of nitrogens with zero attached hydrogens (tertiary/aromatic N) is 3. The number of imidazole rings is 1. The van der Waals surface area contributed by atoms with Crippen LogP contribution in [-0.4, -0.2) is 20.4 Å². The molecule has 0 aliphatic rings. The van der Waals surface area contributed by atoms with Crippen molar-refractivity contribution in [3.05, 3.63) is 23.7 Å². The third-order valence-corrected chi connectivity index (χ3v) is 2.62. The summed E-state index contributed by atoms with van der Waals surface area (Å²) in [7, 11) is 0. The number of hydrogen-bond donors (Lipinski definition) is 1. The van der Waals surface area contributed by atoms with Crippen LogP contribution in [0, 0.1) is 6.92 Å². The highest BCUT2D eigenvalue weighted by molar-refractivity contribution is 6.20. The number of aromatic nitrogens is 3. The zero-order valence-electron chi connectivity index (χ0n) is 9.64. The number of aryl methyl sites for hydroxylation is 1. The molecule has 0 fully saturated rings. The van der Waals surface area contributed by atoms with Gasteiger partial charge in [-0.1, -0.05) is 0 Å². The number of fused-ring (bicyclic) bond motifs is 1. The van der Waals surface area contributed by atoms with Crippen LogP contribution >= 0.6 is 11.6 Å². The molecule has 2 rings (SSSR count). The Labute approximate surface area is 104 Å². The van der Waals surface area contributed by atoms with Gasteiger partial charge >= 0.3 is 0 Å². The quantitative estimate of drug-likeness (QED) is 0.842. The Hall–Kier alpha value is -1.62. The number of hydrogen-bond acceptors (Lipinski definition) is 3. The Balaban J connectivity index is 2.66. The lowest BCUT2D eigenvalue weighted by Crippen LogP contribution is -2.20. The summed E-state index contributed by atoms with van der Waals surface area (Å²) in [5.41, 5.74) is 7.59. The van der Waals surface area contributed by atoms with E-state index in [1.165, 1.54) is 0 Å². The van der Waals surface area contributed by atoms with Gasteiger partial charge in [-0.05, 0) is 25.5 Å². The molecule has 0 aliphatic carbocycles. The molecule has 1 unspecified atom stereocenters. The van der Waals surface area contributed by atoms with E-state index >= 15 is 0 Å². The molecule has 0 saturated carbocycles. The van der Waals surface area contributed by atoms with Gasteiger partial charge < -0.3 is 10.3 Å². The molecule has 0 aromatic carbocycles. The summed E-state index contributed by atoms with van der Waals surface area (Å²) in [5.74, 6) is 0.170. The van der Waals surface area contributed by atoms with Crippen molar-refractivity contribution in [1.29, 1.82) is 0 Å². The molecule has 0 spiro atoms. The zero-order chi connectivity index (χ0) is 12.6. The molecule has 1 amide bonds. The minimum atomic E-state index is -0.440. The number of pyridine rings is 1. The lowest BCUT2D eigenvalue weighted by Gasteiger charge is -2.07. The Kier molecular flexibility index (Phi) is 3.02. The molecule has 2 heterocycles. The lowest BCUT2D eigenvalue weighted by atomic mass is 10.3. The Morgan fingerprint density at radius 2 is 2.35 bits per heavy atom. The number of halogens is 1. The fraction of sp³-hybridized carbons (Fsp3) is 0.364. The molecule has 2 N–H and O–H groups in total. The first-order valence-corrected chi connectivity index (χ1v) is 5.68. The zero-order valence-corrected chi connectivity index (χ0v) is 10.4. The molecule has 2 aromatic rings. The van der Waals surface area contributed by atoms with Gasteiger partial charge in [0.2, 0.25) is 5.91 Å². The van der Waals surface area contributed by atoms with Crippen LogP contribution in [0.1, 0.15) is 23.7 Å². The molecule has 1 atom stereocenters. The highest BCUT2D eigenvalue weighted by Gasteiger charge is 2.17. The van der Waals surface area contributed by atoms with Gasteiger partial charge in [0.1, 0.15) is 17.9 Å². The van der Waals surface area contributed by atoms with Crippen molar-refractivity contribution in [2.75, 3.05) is 0 Å². The van der Waals surface area contributed by atoms with Gasteiger partial charge in [-0.3, -0.25) is 4.79 Å². The highest BCUT2D eigenvalue weighted by Crippen LogP contribution is 2.23. The lowest BCUT2D eigenvalue weighted by molar-refractivity contribution is -0.118. The number of carbonyl (C=O) groups excluding carboxylic acids is 1. The van der Waals surface area contributed by atoms with Gasteiger partial charge in [0.25, 0.3) is 0 Å². The minimum absolute atomic E-state index is 0.0406. The van der Waals surface area contributed by atoms with Gasteiger partial charge in [-0.2, -0.15) is 0 Å². The standard InChI is InChI=1S/C11H13ClN4O/c1-6-3-8-11(14-4-6)16(5-9(13)17)10(15-8)7(2)12/h3-4,7H,5H2,1-2H3,(H2,13,17). The van der Waals surface area contributed by atoms with Crippen LogP contribution in [0.2, 0.25) is 0 Å². The van der Waals surface area contributed by atoms with Crippen molar-refractivity contribution in [2.24, 2.45) is 5.73 Å². The summed E-state index contributed by atoms with van der Waals surface area (Å²) >= 11 is 6.04. The molecule has 0 saturated heterocycles. The molecule has 0 radical (unpaired) electrons. The summed E-state index contributed by atoms with van der Waals surface area (Å²) in [5, 5.41) is -0.302. The highest BCUT2D eigenvalue weighted by atomic mass is 35.5. The first-order chi connectivity index (χ1) is 7.99. The summed E-state index contributed by atoms with van der Waals surface area (Å²) < 4.78 is 1.66. The molecular formula is C11H13ClN4O. The molecule has 0 aliphatic heterocycles. The van der Waals surface area contributed by atoms with Crippen LogP contribution in [0.25, 0.3) is 11.2 Å². The van der Waals surface area contributed by atoms with Crippen molar-refractivity contribution in [1.82, 2.24) is 14.5 Å². The third kappa shape index (κ3) is 2.24. The predicted octanol–water partition coefficient (Wildman–Crippen LogP) is 1.52. The summed E-state index contributed by atoms with van der Waals surface area (Å²) in [6, 6.07) is 1.91. The SMILES string of the molecule is Cc1cnc2c(c1)nc(C(C)Cl)n2CC(N)=O. The largest absolute Gasteiger partial charge is 0.368 e. The average molecular weight is 253 g/mol. The molecule has 17 heavy (non-hydrogen) atoms. The van der Waals surface area contributed by atoms with Crippen molar-refractivity contribution < 1.29 is 4.79 Å². The van der Waals surface area contributed by atoms with Gasteiger partial charge in [0.05, 0.1) is 5.38 Å². The van der Waals surface area contributed by atoms with Crippen LogP contribution in [0.15, 0.2) is 12.3 Å². The minimum Gasteiger partial charge on any atom is -0.368 e. The summed E-state index contributed by atoms with van der Waals surface area (Å²) in [6.45, 7) is 3.77. The van der Waals surface area contributed by atoms with E-state index < -0.39 is 5.91 Å². The molecule has 90 valence electrons. The first kappa shape index (κ1) is 11.9. The normalized spacial score (nSPS) is 12.9. The Morgan fingerprint density at radius 1 is 1.65 bits per heavy atom. The van der Waals surface area contributed by atoms with Crippen molar-refractivity contribution in [2.45, 2.75) is 25.8 Å². The molecule has 0 bridgehead atoms. The third-order valence-electron chi connectivity index (χ3n) is 2.42.